The summed E-state index contributed by atoms with van der Waals surface area (Å²) < 4.78 is 0. The van der Waals surface area contributed by atoms with E-state index < -0.39 is 0 Å². The van der Waals surface area contributed by atoms with E-state index in [4.69, 9.17) is 0 Å². The maximum absolute atomic E-state index is 12.5. The normalized spacial score (nSPS) is 14.9. The summed E-state index contributed by atoms with van der Waals surface area (Å²) in [5.74, 6) is 0.733. The molecule has 6 heteroatoms. The molecule has 6 nitrogen and oxygen atoms in total. The molecule has 0 unspecified atom stereocenters. The van der Waals surface area contributed by atoms with Gasteiger partial charge in [-0.15, -0.1) is 0 Å². The van der Waals surface area contributed by atoms with Crippen molar-refractivity contribution in [3.8, 4) is 0 Å². The van der Waals surface area contributed by atoms with E-state index >= 15 is 0 Å². The van der Waals surface area contributed by atoms with E-state index in [1.165, 1.54) is 5.56 Å². The SMILES string of the molecule is O=C1CN(Cc2cnc(NCc3ccccc3)nc2)CCN1c1ccccc1. The molecule has 0 aliphatic carbocycles. The highest BCUT2D eigenvalue weighted by Gasteiger charge is 2.24. The minimum absolute atomic E-state index is 0.125. The van der Waals surface area contributed by atoms with Crippen LogP contribution >= 0.6 is 0 Å². The van der Waals surface area contributed by atoms with Crippen molar-refractivity contribution in [2.24, 2.45) is 0 Å². The van der Waals surface area contributed by atoms with Crippen molar-refractivity contribution in [3.63, 3.8) is 0 Å². The Morgan fingerprint density at radius 1 is 0.857 bits per heavy atom. The zero-order chi connectivity index (χ0) is 19.2. The van der Waals surface area contributed by atoms with E-state index in [1.54, 1.807) is 0 Å². The maximum Gasteiger partial charge on any atom is 0.241 e. The molecule has 0 saturated carbocycles. The fourth-order valence-electron chi connectivity index (χ4n) is 3.30. The molecule has 1 saturated heterocycles. The van der Waals surface area contributed by atoms with E-state index in [1.807, 2.05) is 65.8 Å². The Balaban J connectivity index is 1.29. The standard InChI is InChI=1S/C22H23N5O/c28-21-17-26(11-12-27(21)20-9-5-2-6-10-20)16-19-14-24-22(25-15-19)23-13-18-7-3-1-4-8-18/h1-10,14-15H,11-13,16-17H2,(H,23,24,25). The van der Waals surface area contributed by atoms with Gasteiger partial charge >= 0.3 is 0 Å². The average Bonchev–Trinajstić information content (AvgIpc) is 2.75. The zero-order valence-corrected chi connectivity index (χ0v) is 15.7. The van der Waals surface area contributed by atoms with Gasteiger partial charge in [0.05, 0.1) is 6.54 Å². The molecule has 0 bridgehead atoms. The van der Waals surface area contributed by atoms with Crippen molar-refractivity contribution < 1.29 is 4.79 Å². The van der Waals surface area contributed by atoms with Crippen molar-refractivity contribution in [3.05, 3.63) is 84.2 Å². The second kappa shape index (κ2) is 8.63. The number of piperazine rings is 1. The predicted molar refractivity (Wildman–Crippen MR) is 110 cm³/mol. The zero-order valence-electron chi connectivity index (χ0n) is 15.7. The number of anilines is 2. The first-order valence-corrected chi connectivity index (χ1v) is 9.44. The predicted octanol–water partition coefficient (Wildman–Crippen LogP) is 2.94. The van der Waals surface area contributed by atoms with Gasteiger partial charge < -0.3 is 10.2 Å². The lowest BCUT2D eigenvalue weighted by atomic mass is 10.2. The van der Waals surface area contributed by atoms with Crippen molar-refractivity contribution >= 4 is 17.5 Å². The quantitative estimate of drug-likeness (QED) is 0.720. The monoisotopic (exact) mass is 373 g/mol. The summed E-state index contributed by atoms with van der Waals surface area (Å²) in [6.07, 6.45) is 3.66. The molecule has 0 spiro atoms. The molecule has 1 aliphatic rings. The highest BCUT2D eigenvalue weighted by Crippen LogP contribution is 2.17. The third-order valence-corrected chi connectivity index (χ3v) is 4.77. The topological polar surface area (TPSA) is 61.4 Å². The Morgan fingerprint density at radius 2 is 1.54 bits per heavy atom. The summed E-state index contributed by atoms with van der Waals surface area (Å²) >= 11 is 0. The van der Waals surface area contributed by atoms with Crippen LogP contribution in [0.2, 0.25) is 0 Å². The van der Waals surface area contributed by atoms with Crippen molar-refractivity contribution in [1.82, 2.24) is 14.9 Å². The molecule has 0 radical (unpaired) electrons. The van der Waals surface area contributed by atoms with Crippen LogP contribution < -0.4 is 10.2 Å². The first-order chi connectivity index (χ1) is 13.8. The lowest BCUT2D eigenvalue weighted by molar-refractivity contribution is -0.121. The molecule has 1 fully saturated rings. The molecule has 2 aromatic carbocycles. The third-order valence-electron chi connectivity index (χ3n) is 4.77. The van der Waals surface area contributed by atoms with Crippen molar-refractivity contribution in [2.75, 3.05) is 29.9 Å². The van der Waals surface area contributed by atoms with Gasteiger partial charge in [0.2, 0.25) is 11.9 Å². The van der Waals surface area contributed by atoms with Crippen LogP contribution in [0.3, 0.4) is 0 Å². The second-order valence-corrected chi connectivity index (χ2v) is 6.85. The van der Waals surface area contributed by atoms with Crippen LogP contribution in [0.25, 0.3) is 0 Å². The van der Waals surface area contributed by atoms with Gasteiger partial charge in [0.15, 0.2) is 0 Å². The average molecular weight is 373 g/mol. The number of hydrogen-bond donors (Lipinski definition) is 1. The first kappa shape index (κ1) is 18.1. The molecule has 1 N–H and O–H groups in total. The largest absolute Gasteiger partial charge is 0.350 e. The lowest BCUT2D eigenvalue weighted by Crippen LogP contribution is -2.50. The van der Waals surface area contributed by atoms with Crippen LogP contribution in [0.5, 0.6) is 0 Å². The Hall–Kier alpha value is -3.25. The fraction of sp³-hybridized carbons (Fsp3) is 0.227. The molecule has 3 aromatic rings. The van der Waals surface area contributed by atoms with Gasteiger partial charge in [-0.05, 0) is 17.7 Å². The van der Waals surface area contributed by atoms with Crippen LogP contribution in [0.15, 0.2) is 73.1 Å². The van der Waals surface area contributed by atoms with Gasteiger partial charge in [-0.3, -0.25) is 9.69 Å². The molecule has 1 amide bonds. The number of aromatic nitrogens is 2. The number of rotatable bonds is 6. The van der Waals surface area contributed by atoms with Crippen LogP contribution in [0.4, 0.5) is 11.6 Å². The molecule has 4 rings (SSSR count). The number of carbonyl (C=O) groups excluding carboxylic acids is 1. The molecule has 2 heterocycles. The van der Waals surface area contributed by atoms with Crippen molar-refractivity contribution in [2.45, 2.75) is 13.1 Å². The molecule has 28 heavy (non-hydrogen) atoms. The molecule has 1 aromatic heterocycles. The van der Waals surface area contributed by atoms with Gasteiger partial charge in [0.25, 0.3) is 0 Å². The molecule has 0 atom stereocenters. The number of nitrogens with zero attached hydrogens (tertiary/aromatic N) is 4. The highest BCUT2D eigenvalue weighted by molar-refractivity contribution is 5.95. The molecular formula is C22H23N5O. The molecule has 1 aliphatic heterocycles. The fourth-order valence-corrected chi connectivity index (χ4v) is 3.30. The number of para-hydroxylation sites is 1. The number of benzene rings is 2. The minimum atomic E-state index is 0.125. The number of nitrogens with one attached hydrogen (secondary N) is 1. The summed E-state index contributed by atoms with van der Waals surface area (Å²) in [6, 6.07) is 20.0. The number of amides is 1. The third kappa shape index (κ3) is 4.53. The van der Waals surface area contributed by atoms with E-state index in [9.17, 15) is 4.79 Å². The van der Waals surface area contributed by atoms with Gasteiger partial charge in [0, 0.05) is 49.8 Å². The number of hydrogen-bond acceptors (Lipinski definition) is 5. The first-order valence-electron chi connectivity index (χ1n) is 9.44. The summed E-state index contributed by atoms with van der Waals surface area (Å²) in [6.45, 7) is 3.29. The summed E-state index contributed by atoms with van der Waals surface area (Å²) in [5, 5.41) is 3.23. The summed E-state index contributed by atoms with van der Waals surface area (Å²) in [5.41, 5.74) is 3.15. The second-order valence-electron chi connectivity index (χ2n) is 6.85. The molecular weight excluding hydrogens is 350 g/mol. The maximum atomic E-state index is 12.5. The van der Waals surface area contributed by atoms with Crippen LogP contribution in [-0.4, -0.2) is 40.4 Å². The smallest absolute Gasteiger partial charge is 0.241 e. The minimum Gasteiger partial charge on any atom is -0.350 e. The Morgan fingerprint density at radius 3 is 2.21 bits per heavy atom. The Kier molecular flexibility index (Phi) is 5.58. The van der Waals surface area contributed by atoms with Crippen LogP contribution in [-0.2, 0) is 17.9 Å². The van der Waals surface area contributed by atoms with E-state index in [-0.39, 0.29) is 5.91 Å². The van der Waals surface area contributed by atoms with Crippen molar-refractivity contribution in [1.29, 1.82) is 0 Å². The van der Waals surface area contributed by atoms with Crippen LogP contribution in [0.1, 0.15) is 11.1 Å². The van der Waals surface area contributed by atoms with Crippen LogP contribution in [0, 0.1) is 0 Å². The van der Waals surface area contributed by atoms with E-state index in [0.29, 0.717) is 32.1 Å². The lowest BCUT2D eigenvalue weighted by Gasteiger charge is -2.34. The van der Waals surface area contributed by atoms with E-state index in [0.717, 1.165) is 17.8 Å². The van der Waals surface area contributed by atoms with Gasteiger partial charge in [-0.25, -0.2) is 9.97 Å². The Bertz CT molecular complexity index is 899. The van der Waals surface area contributed by atoms with E-state index in [2.05, 4.69) is 32.3 Å². The Labute approximate surface area is 164 Å². The van der Waals surface area contributed by atoms with Gasteiger partial charge in [-0.2, -0.15) is 0 Å². The summed E-state index contributed by atoms with van der Waals surface area (Å²) in [7, 11) is 0. The molecule has 142 valence electrons. The summed E-state index contributed by atoms with van der Waals surface area (Å²) in [4.78, 5) is 25.3. The van der Waals surface area contributed by atoms with Gasteiger partial charge in [-0.1, -0.05) is 48.5 Å². The van der Waals surface area contributed by atoms with Gasteiger partial charge in [0.1, 0.15) is 0 Å². The number of carbonyl (C=O) groups is 1. The highest BCUT2D eigenvalue weighted by atomic mass is 16.2.